The molecule has 1 aliphatic carbocycles. The van der Waals surface area contributed by atoms with Gasteiger partial charge in [0.25, 0.3) is 0 Å². The van der Waals surface area contributed by atoms with Crippen LogP contribution in [0.4, 0.5) is 5.69 Å². The van der Waals surface area contributed by atoms with Gasteiger partial charge in [-0.05, 0) is 81.1 Å². The Hall–Kier alpha value is -2.16. The number of ether oxygens (including phenoxy) is 1. The van der Waals surface area contributed by atoms with Gasteiger partial charge in [0.05, 0.1) is 19.9 Å². The van der Waals surface area contributed by atoms with Gasteiger partial charge in [0.15, 0.2) is 11.3 Å². The first-order valence-corrected chi connectivity index (χ1v) is 13.4. The van der Waals surface area contributed by atoms with Gasteiger partial charge in [-0.3, -0.25) is 5.41 Å². The van der Waals surface area contributed by atoms with Crippen LogP contribution in [0.15, 0.2) is 68.0 Å². The number of benzene rings is 3. The van der Waals surface area contributed by atoms with Crippen molar-refractivity contribution in [2.24, 2.45) is 0 Å². The first-order valence-electron chi connectivity index (χ1n) is 11.9. The van der Waals surface area contributed by atoms with Gasteiger partial charge in [0.1, 0.15) is 6.10 Å². The van der Waals surface area contributed by atoms with Gasteiger partial charge in [-0.1, -0.05) is 50.8 Å². The molecule has 5 nitrogen and oxygen atoms in total. The molecule has 0 amide bonds. The maximum atomic E-state index is 13.2. The fourth-order valence-electron chi connectivity index (χ4n) is 4.31. The highest BCUT2D eigenvalue weighted by atomic mass is 79.9. The molecule has 0 radical (unpaired) electrons. The summed E-state index contributed by atoms with van der Waals surface area (Å²) in [5.41, 5.74) is 9.45. The number of nitrogens with one attached hydrogen (secondary N) is 1. The second kappa shape index (κ2) is 12.9. The zero-order valence-electron chi connectivity index (χ0n) is 20.0. The lowest BCUT2D eigenvalue weighted by atomic mass is 9.92. The second-order valence-corrected chi connectivity index (χ2v) is 10.2. The lowest BCUT2D eigenvalue weighted by Gasteiger charge is -2.24. The number of anilines is 1. The summed E-state index contributed by atoms with van der Waals surface area (Å²) in [4.78, 5) is 13.2. The third-order valence-electron chi connectivity index (χ3n) is 6.16. The number of halogens is 3. The largest absolute Gasteiger partial charge is 0.454 e. The number of hydrogen-bond donors (Lipinski definition) is 2. The summed E-state index contributed by atoms with van der Waals surface area (Å²) in [6, 6.07) is 16.4. The quantitative estimate of drug-likeness (QED) is 0.0800. The van der Waals surface area contributed by atoms with E-state index in [0.29, 0.717) is 43.3 Å². The van der Waals surface area contributed by atoms with E-state index in [2.05, 4.69) is 38.8 Å². The Morgan fingerprint density at radius 1 is 1.00 bits per heavy atom. The van der Waals surface area contributed by atoms with Gasteiger partial charge in [0, 0.05) is 22.2 Å². The summed E-state index contributed by atoms with van der Waals surface area (Å²) in [7, 11) is 0. The Morgan fingerprint density at radius 2 is 1.72 bits per heavy atom. The van der Waals surface area contributed by atoms with Crippen molar-refractivity contribution in [3.63, 3.8) is 0 Å². The Bertz CT molecular complexity index is 1370. The van der Waals surface area contributed by atoms with Crippen LogP contribution in [0.1, 0.15) is 67.5 Å². The minimum Gasteiger partial charge on any atom is -0.454 e. The third kappa shape index (κ3) is 6.03. The first-order chi connectivity index (χ1) is 16.9. The normalized spacial score (nSPS) is 11.9. The summed E-state index contributed by atoms with van der Waals surface area (Å²) >= 11 is 7.10. The van der Waals surface area contributed by atoms with Crippen LogP contribution in [0.2, 0.25) is 0 Å². The molecular weight excluding hydrogens is 652 g/mol. The Balaban J connectivity index is 0.00000361. The molecule has 1 atom stereocenters. The Labute approximate surface area is 238 Å². The number of fused-ring (bicyclic) bond motifs is 2. The van der Waals surface area contributed by atoms with E-state index in [1.807, 2.05) is 36.4 Å². The van der Waals surface area contributed by atoms with E-state index in [-0.39, 0.29) is 23.0 Å². The molecule has 2 aromatic rings. The number of carbonyl (C=O) groups is 1. The molecule has 0 spiro atoms. The fourth-order valence-corrected chi connectivity index (χ4v) is 5.17. The van der Waals surface area contributed by atoms with Gasteiger partial charge < -0.3 is 14.9 Å². The molecule has 1 unspecified atom stereocenters. The highest BCUT2D eigenvalue weighted by Gasteiger charge is 2.28. The Morgan fingerprint density at radius 3 is 2.44 bits per heavy atom. The predicted molar refractivity (Wildman–Crippen MR) is 157 cm³/mol. The molecule has 1 heterocycles. The number of unbranched alkanes of at least 4 members (excludes halogenated alkanes) is 4. The van der Waals surface area contributed by atoms with E-state index in [4.69, 9.17) is 20.3 Å². The third-order valence-corrected chi connectivity index (χ3v) is 7.76. The molecule has 3 N–H and O–H groups in total. The minimum atomic E-state index is -0.496. The number of carbonyl (C=O) groups excluding carboxylic acids is 1. The monoisotopic (exact) mass is 678 g/mol. The van der Waals surface area contributed by atoms with Crippen LogP contribution < -0.4 is 11.1 Å². The minimum absolute atomic E-state index is 0. The highest BCUT2D eigenvalue weighted by molar-refractivity contribution is 9.11. The van der Waals surface area contributed by atoms with Gasteiger partial charge in [-0.15, -0.1) is 17.0 Å². The van der Waals surface area contributed by atoms with E-state index in [9.17, 15) is 4.79 Å². The van der Waals surface area contributed by atoms with Gasteiger partial charge in [-0.2, -0.15) is 0 Å². The van der Waals surface area contributed by atoms with Gasteiger partial charge in [0.2, 0.25) is 0 Å². The van der Waals surface area contributed by atoms with E-state index in [0.717, 1.165) is 35.8 Å². The van der Waals surface area contributed by atoms with Crippen molar-refractivity contribution in [3.8, 4) is 11.3 Å². The first kappa shape index (κ1) is 28.4. The number of esters is 1. The second-order valence-electron chi connectivity index (χ2n) is 8.63. The van der Waals surface area contributed by atoms with Crippen molar-refractivity contribution in [1.29, 1.82) is 5.41 Å². The summed E-state index contributed by atoms with van der Waals surface area (Å²) in [5.74, 6) is 0.162. The highest BCUT2D eigenvalue weighted by Crippen LogP contribution is 2.45. The number of nitrogens with two attached hydrogens (primary N) is 1. The number of rotatable bonds is 9. The molecular formula is C28H29Br3N2O3. The van der Waals surface area contributed by atoms with E-state index < -0.39 is 6.10 Å². The summed E-state index contributed by atoms with van der Waals surface area (Å²) in [6.07, 6.45) is 5.68. The molecule has 0 bridgehead atoms. The van der Waals surface area contributed by atoms with Crippen LogP contribution in [0.5, 0.6) is 0 Å². The molecule has 0 saturated carbocycles. The molecule has 190 valence electrons. The van der Waals surface area contributed by atoms with Gasteiger partial charge >= 0.3 is 5.97 Å². The maximum Gasteiger partial charge on any atom is 0.338 e. The van der Waals surface area contributed by atoms with Crippen LogP contribution in [-0.4, -0.2) is 5.97 Å². The van der Waals surface area contributed by atoms with Crippen LogP contribution in [0.3, 0.4) is 0 Å². The zero-order chi connectivity index (χ0) is 24.9. The van der Waals surface area contributed by atoms with Crippen LogP contribution in [-0.2, 0) is 4.74 Å². The maximum absolute atomic E-state index is 13.2. The van der Waals surface area contributed by atoms with E-state index in [1.165, 1.54) is 12.8 Å². The molecule has 0 aromatic heterocycles. The van der Waals surface area contributed by atoms with Gasteiger partial charge in [-0.25, -0.2) is 4.79 Å². The SMILES string of the molecule is Br.CCCCCCCC(OC(=O)c1ccccc1)c1c2ccc(=N)c(Br)c-2oc2c(Br)c(N)ccc12. The average Bonchev–Trinajstić information content (AvgIpc) is 2.87. The van der Waals surface area contributed by atoms with Crippen molar-refractivity contribution < 1.29 is 13.9 Å². The lowest BCUT2D eigenvalue weighted by molar-refractivity contribution is 0.0274. The number of hydrogen-bond acceptors (Lipinski definition) is 5. The molecule has 0 saturated heterocycles. The molecule has 1 aliphatic heterocycles. The molecule has 4 rings (SSSR count). The topological polar surface area (TPSA) is 89.3 Å². The molecule has 0 fully saturated rings. The summed E-state index contributed by atoms with van der Waals surface area (Å²) in [5, 5.41) is 9.39. The average molecular weight is 681 g/mol. The zero-order valence-corrected chi connectivity index (χ0v) is 24.9. The van der Waals surface area contributed by atoms with E-state index >= 15 is 0 Å². The van der Waals surface area contributed by atoms with E-state index in [1.54, 1.807) is 18.2 Å². The predicted octanol–water partition coefficient (Wildman–Crippen LogP) is 8.96. The molecule has 36 heavy (non-hydrogen) atoms. The molecule has 2 aliphatic rings. The molecule has 2 aromatic carbocycles. The number of nitrogen functional groups attached to an aromatic ring is 1. The molecule has 8 heteroatoms. The van der Waals surface area contributed by atoms with Crippen LogP contribution >= 0.6 is 48.8 Å². The lowest BCUT2D eigenvalue weighted by Crippen LogP contribution is -2.15. The summed E-state index contributed by atoms with van der Waals surface area (Å²) in [6.45, 7) is 2.19. The van der Waals surface area contributed by atoms with Crippen LogP contribution in [0, 0.1) is 5.41 Å². The Kier molecular flexibility index (Phi) is 10.2. The fraction of sp³-hybridized carbons (Fsp3) is 0.286. The van der Waals surface area contributed by atoms with Crippen LogP contribution in [0.25, 0.3) is 22.3 Å². The van der Waals surface area contributed by atoms with Crippen molar-refractivity contribution in [2.45, 2.75) is 51.6 Å². The van der Waals surface area contributed by atoms with Crippen molar-refractivity contribution in [3.05, 3.63) is 80.0 Å². The standard InChI is InChI=1S/C28H28Br2N2O3.BrH/c1-2-3-4-5-9-12-22(34-28(33)17-10-7-6-8-11-17)23-18-13-15-20(31)24(29)26(18)35-27-19(23)14-16-21(32)25(27)30;/h6-8,10-11,13-16,22,31H,2-5,9,12,32H2,1H3;1H. The van der Waals surface area contributed by atoms with Crippen molar-refractivity contribution >= 4 is 71.5 Å². The summed E-state index contributed by atoms with van der Waals surface area (Å²) < 4.78 is 13.7. The smallest absolute Gasteiger partial charge is 0.338 e. The van der Waals surface area contributed by atoms with Crippen molar-refractivity contribution in [1.82, 2.24) is 0 Å². The van der Waals surface area contributed by atoms with Crippen molar-refractivity contribution in [2.75, 3.05) is 5.73 Å².